The van der Waals surface area contributed by atoms with Crippen molar-refractivity contribution < 1.29 is 23.7 Å². The summed E-state index contributed by atoms with van der Waals surface area (Å²) in [7, 11) is -3.02. The van der Waals surface area contributed by atoms with E-state index in [1.54, 1.807) is 24.3 Å². The van der Waals surface area contributed by atoms with Gasteiger partial charge in [0.1, 0.15) is 0 Å². The standard InChI is InChI=1S/C13H14ClNO5S/c14-9-5-2-1-4-8(9)12-10(16)11(17)13(20-12)15-6-3-7-21(15,18)19/h1-2,4-5,16-19H,3,6-7H2. The Balaban J connectivity index is 2.10. The number of aromatic hydroxyl groups is 2. The largest absolute Gasteiger partial charge is 0.502 e. The molecule has 0 amide bonds. The molecule has 2 heterocycles. The maximum Gasteiger partial charge on any atom is 0.261 e. The van der Waals surface area contributed by atoms with Crippen molar-refractivity contribution in [3.8, 4) is 22.8 Å². The summed E-state index contributed by atoms with van der Waals surface area (Å²) in [6.45, 7) is 0.324. The third kappa shape index (κ3) is 2.32. The van der Waals surface area contributed by atoms with Gasteiger partial charge >= 0.3 is 0 Å². The Kier molecular flexibility index (Phi) is 3.45. The fourth-order valence-electron chi connectivity index (χ4n) is 2.29. The molecule has 1 aromatic heterocycles. The van der Waals surface area contributed by atoms with Crippen LogP contribution in [0.3, 0.4) is 0 Å². The van der Waals surface area contributed by atoms with Gasteiger partial charge in [-0.25, -0.2) is 4.31 Å². The molecule has 4 N–H and O–H groups in total. The van der Waals surface area contributed by atoms with Gasteiger partial charge in [0.05, 0.1) is 10.8 Å². The average molecular weight is 332 g/mol. The first-order valence-corrected chi connectivity index (χ1v) is 8.30. The molecule has 1 saturated heterocycles. The van der Waals surface area contributed by atoms with Gasteiger partial charge in [0.25, 0.3) is 5.88 Å². The van der Waals surface area contributed by atoms with E-state index < -0.39 is 22.3 Å². The van der Waals surface area contributed by atoms with Crippen molar-refractivity contribution in [3.63, 3.8) is 0 Å². The molecule has 0 aliphatic carbocycles. The lowest BCUT2D eigenvalue weighted by molar-refractivity contribution is 0.409. The zero-order chi connectivity index (χ0) is 15.2. The van der Waals surface area contributed by atoms with Crippen LogP contribution in [0.2, 0.25) is 5.02 Å². The van der Waals surface area contributed by atoms with Crippen LogP contribution in [0.4, 0.5) is 5.88 Å². The van der Waals surface area contributed by atoms with Gasteiger partial charge in [-0.15, -0.1) is 10.8 Å². The van der Waals surface area contributed by atoms with Gasteiger partial charge in [0, 0.05) is 12.1 Å². The highest BCUT2D eigenvalue weighted by Crippen LogP contribution is 2.57. The van der Waals surface area contributed by atoms with Gasteiger partial charge in [0.15, 0.2) is 5.76 Å². The third-order valence-corrected chi connectivity index (χ3v) is 5.54. The van der Waals surface area contributed by atoms with E-state index in [9.17, 15) is 19.3 Å². The lowest BCUT2D eigenvalue weighted by Crippen LogP contribution is -2.21. The monoisotopic (exact) mass is 331 g/mol. The molecule has 3 rings (SSSR count). The second kappa shape index (κ2) is 5.03. The van der Waals surface area contributed by atoms with E-state index in [1.807, 2.05) is 0 Å². The Morgan fingerprint density at radius 1 is 1.14 bits per heavy atom. The Labute approximate surface area is 127 Å². The second-order valence-electron chi connectivity index (χ2n) is 4.71. The smallest absolute Gasteiger partial charge is 0.261 e. The summed E-state index contributed by atoms with van der Waals surface area (Å²) < 4.78 is 26.5. The van der Waals surface area contributed by atoms with Crippen molar-refractivity contribution >= 4 is 28.3 Å². The van der Waals surface area contributed by atoms with Gasteiger partial charge < -0.3 is 14.6 Å². The molecule has 0 unspecified atom stereocenters. The molecule has 2 aromatic rings. The molecular weight excluding hydrogens is 318 g/mol. The van der Waals surface area contributed by atoms with Gasteiger partial charge in [0.2, 0.25) is 11.5 Å². The topological polar surface area (TPSA) is 97.3 Å². The van der Waals surface area contributed by atoms with Crippen molar-refractivity contribution in [1.29, 1.82) is 0 Å². The highest BCUT2D eigenvalue weighted by Gasteiger charge is 2.36. The molecular formula is C13H14ClNO5S. The van der Waals surface area contributed by atoms with Crippen LogP contribution in [0, 0.1) is 0 Å². The van der Waals surface area contributed by atoms with Gasteiger partial charge in [-0.05, 0) is 18.6 Å². The van der Waals surface area contributed by atoms with Gasteiger partial charge in [-0.1, -0.05) is 23.7 Å². The number of halogens is 1. The fraction of sp³-hybridized carbons (Fsp3) is 0.231. The van der Waals surface area contributed by atoms with E-state index in [2.05, 4.69) is 0 Å². The summed E-state index contributed by atoms with van der Waals surface area (Å²) >= 11 is 6.05. The molecule has 0 saturated carbocycles. The molecule has 1 fully saturated rings. The lowest BCUT2D eigenvalue weighted by atomic mass is 10.1. The van der Waals surface area contributed by atoms with E-state index in [4.69, 9.17) is 16.0 Å². The Bertz CT molecular complexity index is 687. The number of rotatable bonds is 2. The summed E-state index contributed by atoms with van der Waals surface area (Å²) in [5.41, 5.74) is 0.411. The maximum atomic E-state index is 10.0. The average Bonchev–Trinajstić information content (AvgIpc) is 2.92. The van der Waals surface area contributed by atoms with Crippen LogP contribution in [0.1, 0.15) is 6.42 Å². The minimum absolute atomic E-state index is 0.00444. The Hall–Kier alpha value is -1.54. The first-order valence-electron chi connectivity index (χ1n) is 6.25. The maximum absolute atomic E-state index is 10.0. The molecule has 0 radical (unpaired) electrons. The predicted octanol–water partition coefficient (Wildman–Crippen LogP) is 3.89. The van der Waals surface area contributed by atoms with E-state index in [-0.39, 0.29) is 17.4 Å². The summed E-state index contributed by atoms with van der Waals surface area (Å²) in [5.74, 6) is -0.947. The number of anilines is 1. The van der Waals surface area contributed by atoms with Crippen LogP contribution < -0.4 is 4.31 Å². The summed E-state index contributed by atoms with van der Waals surface area (Å²) in [6.07, 6.45) is 0.560. The molecule has 1 aromatic carbocycles. The van der Waals surface area contributed by atoms with E-state index in [0.29, 0.717) is 23.6 Å². The fourth-order valence-corrected chi connectivity index (χ4v) is 4.06. The molecule has 0 spiro atoms. The highest BCUT2D eigenvalue weighted by atomic mass is 35.5. The van der Waals surface area contributed by atoms with Crippen molar-refractivity contribution in [1.82, 2.24) is 0 Å². The first kappa shape index (κ1) is 14.4. The van der Waals surface area contributed by atoms with Crippen LogP contribution in [-0.4, -0.2) is 31.6 Å². The molecule has 114 valence electrons. The number of benzene rings is 1. The van der Waals surface area contributed by atoms with Gasteiger partial charge in [-0.2, -0.15) is 0 Å². The van der Waals surface area contributed by atoms with E-state index >= 15 is 0 Å². The van der Waals surface area contributed by atoms with Crippen LogP contribution in [-0.2, 0) is 0 Å². The zero-order valence-corrected chi connectivity index (χ0v) is 12.4. The summed E-state index contributed by atoms with van der Waals surface area (Å²) in [5, 5.41) is 20.4. The van der Waals surface area contributed by atoms with E-state index in [0.717, 1.165) is 0 Å². The highest BCUT2D eigenvalue weighted by molar-refractivity contribution is 8.25. The Morgan fingerprint density at radius 2 is 1.86 bits per heavy atom. The van der Waals surface area contributed by atoms with Crippen LogP contribution in [0.15, 0.2) is 28.7 Å². The molecule has 6 nitrogen and oxygen atoms in total. The van der Waals surface area contributed by atoms with Crippen molar-refractivity contribution in [2.75, 3.05) is 16.6 Å². The number of hydrogen-bond donors (Lipinski definition) is 4. The Morgan fingerprint density at radius 3 is 2.48 bits per heavy atom. The van der Waals surface area contributed by atoms with Crippen LogP contribution >= 0.6 is 22.4 Å². The number of nitrogens with zero attached hydrogens (tertiary/aromatic N) is 1. The normalized spacial score (nSPS) is 18.9. The quantitative estimate of drug-likeness (QED) is 0.666. The minimum atomic E-state index is -3.02. The zero-order valence-electron chi connectivity index (χ0n) is 10.9. The van der Waals surface area contributed by atoms with Crippen molar-refractivity contribution in [3.05, 3.63) is 29.3 Å². The predicted molar refractivity (Wildman–Crippen MR) is 82.2 cm³/mol. The van der Waals surface area contributed by atoms with Crippen LogP contribution in [0.5, 0.6) is 11.5 Å². The number of furan rings is 1. The first-order chi connectivity index (χ1) is 9.92. The van der Waals surface area contributed by atoms with Gasteiger partial charge in [-0.3, -0.25) is 9.11 Å². The van der Waals surface area contributed by atoms with E-state index in [1.165, 1.54) is 4.31 Å². The number of hydrogen-bond acceptors (Lipinski definition) is 6. The molecule has 1 aliphatic heterocycles. The molecule has 8 heteroatoms. The third-order valence-electron chi connectivity index (χ3n) is 3.32. The molecule has 0 atom stereocenters. The van der Waals surface area contributed by atoms with Crippen molar-refractivity contribution in [2.24, 2.45) is 0 Å². The molecule has 21 heavy (non-hydrogen) atoms. The SMILES string of the molecule is Oc1c(-c2ccccc2Cl)oc(N2CCCS2(O)O)c1O. The summed E-state index contributed by atoms with van der Waals surface area (Å²) in [4.78, 5) is 0. The second-order valence-corrected chi connectivity index (χ2v) is 7.23. The van der Waals surface area contributed by atoms with Crippen LogP contribution in [0.25, 0.3) is 11.3 Å². The summed E-state index contributed by atoms with van der Waals surface area (Å²) in [6, 6.07) is 6.69. The minimum Gasteiger partial charge on any atom is -0.502 e. The molecule has 1 aliphatic rings. The lowest BCUT2D eigenvalue weighted by Gasteiger charge is -2.35. The van der Waals surface area contributed by atoms with Crippen molar-refractivity contribution in [2.45, 2.75) is 6.42 Å². The molecule has 0 bridgehead atoms.